The number of furan rings is 1. The highest BCUT2D eigenvalue weighted by Gasteiger charge is 2.39. The van der Waals surface area contributed by atoms with Crippen LogP contribution in [0.25, 0.3) is 11.3 Å². The van der Waals surface area contributed by atoms with Crippen LogP contribution in [0.5, 0.6) is 0 Å². The molecule has 0 N–H and O–H groups in total. The number of piperidine rings is 1. The summed E-state index contributed by atoms with van der Waals surface area (Å²) in [5.41, 5.74) is 1.38. The lowest BCUT2D eigenvalue weighted by atomic mass is 9.84. The summed E-state index contributed by atoms with van der Waals surface area (Å²) in [4.78, 5) is 13.3. The predicted octanol–water partition coefficient (Wildman–Crippen LogP) is 2.92. The Labute approximate surface area is 163 Å². The van der Waals surface area contributed by atoms with Crippen LogP contribution in [0.15, 0.2) is 75.0 Å². The Bertz CT molecular complexity index is 1170. The number of aromatic nitrogens is 1. The lowest BCUT2D eigenvalue weighted by Gasteiger charge is -2.42. The second-order valence-electron chi connectivity index (χ2n) is 7.50. The number of hydrogen-bond acceptors (Lipinski definition) is 4. The van der Waals surface area contributed by atoms with Crippen LogP contribution in [-0.2, 0) is 16.6 Å². The fourth-order valence-corrected chi connectivity index (χ4v) is 6.04. The van der Waals surface area contributed by atoms with E-state index >= 15 is 0 Å². The van der Waals surface area contributed by atoms with Crippen molar-refractivity contribution in [3.05, 3.63) is 76.9 Å². The summed E-state index contributed by atoms with van der Waals surface area (Å²) in [6.07, 6.45) is 2.46. The van der Waals surface area contributed by atoms with Gasteiger partial charge in [-0.3, -0.25) is 4.79 Å². The van der Waals surface area contributed by atoms with E-state index in [-0.39, 0.29) is 17.4 Å². The van der Waals surface area contributed by atoms with Crippen molar-refractivity contribution in [1.82, 2.24) is 8.87 Å². The van der Waals surface area contributed by atoms with Gasteiger partial charge in [0, 0.05) is 31.2 Å². The van der Waals surface area contributed by atoms with E-state index in [0.717, 1.165) is 12.1 Å². The fourth-order valence-electron chi connectivity index (χ4n) is 4.46. The molecule has 0 amide bonds. The third-order valence-corrected chi connectivity index (χ3v) is 7.58. The van der Waals surface area contributed by atoms with Crippen LogP contribution >= 0.6 is 0 Å². The Hall–Kier alpha value is -2.64. The maximum absolute atomic E-state index is 13.1. The van der Waals surface area contributed by atoms with Crippen molar-refractivity contribution < 1.29 is 12.8 Å². The predicted molar refractivity (Wildman–Crippen MR) is 104 cm³/mol. The van der Waals surface area contributed by atoms with E-state index in [4.69, 9.17) is 4.42 Å². The molecular weight excluding hydrogens is 376 g/mol. The van der Waals surface area contributed by atoms with E-state index in [1.807, 2.05) is 16.7 Å². The first-order valence-electron chi connectivity index (χ1n) is 9.37. The lowest BCUT2D eigenvalue weighted by Crippen LogP contribution is -2.49. The summed E-state index contributed by atoms with van der Waals surface area (Å²) < 4.78 is 34.9. The van der Waals surface area contributed by atoms with Crippen molar-refractivity contribution in [2.75, 3.05) is 13.1 Å². The number of pyridine rings is 1. The number of hydrogen-bond donors (Lipinski definition) is 0. The third-order valence-electron chi connectivity index (χ3n) is 5.74. The molecule has 0 aliphatic carbocycles. The Morgan fingerprint density at radius 2 is 1.75 bits per heavy atom. The Balaban J connectivity index is 1.51. The highest BCUT2D eigenvalue weighted by atomic mass is 32.2. The van der Waals surface area contributed by atoms with Gasteiger partial charge >= 0.3 is 0 Å². The van der Waals surface area contributed by atoms with Gasteiger partial charge in [0.05, 0.1) is 16.7 Å². The summed E-state index contributed by atoms with van der Waals surface area (Å²) in [6.45, 7) is 1.36. The molecule has 1 aromatic carbocycles. The van der Waals surface area contributed by atoms with Crippen molar-refractivity contribution in [3.8, 4) is 11.3 Å². The zero-order valence-electron chi connectivity index (χ0n) is 15.2. The van der Waals surface area contributed by atoms with Crippen molar-refractivity contribution in [2.24, 2.45) is 5.92 Å². The van der Waals surface area contributed by atoms with Gasteiger partial charge in [-0.05, 0) is 48.7 Å². The molecule has 1 saturated heterocycles. The monoisotopic (exact) mass is 396 g/mol. The van der Waals surface area contributed by atoms with E-state index in [0.29, 0.717) is 35.9 Å². The average molecular weight is 396 g/mol. The largest absolute Gasteiger partial charge is 0.464 e. The Morgan fingerprint density at radius 3 is 2.50 bits per heavy atom. The van der Waals surface area contributed by atoms with Crippen molar-refractivity contribution in [1.29, 1.82) is 0 Å². The number of nitrogens with zero attached hydrogens (tertiary/aromatic N) is 2. The van der Waals surface area contributed by atoms with Gasteiger partial charge in [0.2, 0.25) is 10.0 Å². The topological polar surface area (TPSA) is 72.5 Å². The normalized spacial score (nSPS) is 22.0. The number of rotatable bonds is 3. The van der Waals surface area contributed by atoms with Crippen LogP contribution in [0.2, 0.25) is 0 Å². The minimum absolute atomic E-state index is 0.0179. The van der Waals surface area contributed by atoms with E-state index in [9.17, 15) is 13.2 Å². The van der Waals surface area contributed by atoms with Crippen LogP contribution in [0.1, 0.15) is 18.0 Å². The molecule has 0 radical (unpaired) electrons. The summed E-state index contributed by atoms with van der Waals surface area (Å²) in [5.74, 6) is 0.697. The molecule has 2 bridgehead atoms. The zero-order chi connectivity index (χ0) is 19.3. The lowest BCUT2D eigenvalue weighted by molar-refractivity contribution is 0.186. The van der Waals surface area contributed by atoms with E-state index in [2.05, 4.69) is 0 Å². The second kappa shape index (κ2) is 6.46. The van der Waals surface area contributed by atoms with Gasteiger partial charge in [0.15, 0.2) is 0 Å². The molecule has 2 atom stereocenters. The van der Waals surface area contributed by atoms with Crippen LogP contribution < -0.4 is 5.56 Å². The first-order chi connectivity index (χ1) is 13.5. The molecule has 2 aliphatic heterocycles. The van der Waals surface area contributed by atoms with Gasteiger partial charge in [0.25, 0.3) is 5.56 Å². The Kier molecular flexibility index (Phi) is 4.03. The molecule has 28 heavy (non-hydrogen) atoms. The van der Waals surface area contributed by atoms with Gasteiger partial charge in [-0.25, -0.2) is 8.42 Å². The SMILES string of the molecule is O=c1c(-c2ccco2)ccc2n1C[C@@H]1C[C@@H]2CN(S(=O)(=O)c2ccccc2)C1. The van der Waals surface area contributed by atoms with Crippen LogP contribution in [0.3, 0.4) is 0 Å². The maximum atomic E-state index is 13.1. The number of benzene rings is 1. The van der Waals surface area contributed by atoms with Gasteiger partial charge in [-0.1, -0.05) is 18.2 Å². The molecule has 144 valence electrons. The molecule has 2 aromatic heterocycles. The second-order valence-corrected chi connectivity index (χ2v) is 9.44. The first-order valence-corrected chi connectivity index (χ1v) is 10.8. The molecule has 4 heterocycles. The van der Waals surface area contributed by atoms with Gasteiger partial charge in [0.1, 0.15) is 5.76 Å². The molecular formula is C21H20N2O4S. The molecule has 0 saturated carbocycles. The summed E-state index contributed by atoms with van der Waals surface area (Å²) in [5, 5.41) is 0. The quantitative estimate of drug-likeness (QED) is 0.682. The molecule has 0 unspecified atom stereocenters. The first kappa shape index (κ1) is 17.5. The Morgan fingerprint density at radius 1 is 0.929 bits per heavy atom. The molecule has 1 fully saturated rings. The highest BCUT2D eigenvalue weighted by molar-refractivity contribution is 7.89. The van der Waals surface area contributed by atoms with Crippen molar-refractivity contribution >= 4 is 10.0 Å². The van der Waals surface area contributed by atoms with E-state index in [1.54, 1.807) is 53.0 Å². The van der Waals surface area contributed by atoms with E-state index in [1.165, 1.54) is 0 Å². The van der Waals surface area contributed by atoms with Crippen molar-refractivity contribution in [3.63, 3.8) is 0 Å². The molecule has 6 nitrogen and oxygen atoms in total. The zero-order valence-corrected chi connectivity index (χ0v) is 16.0. The van der Waals surface area contributed by atoms with Gasteiger partial charge in [-0.15, -0.1) is 0 Å². The fraction of sp³-hybridized carbons (Fsp3) is 0.286. The van der Waals surface area contributed by atoms with Gasteiger partial charge in [-0.2, -0.15) is 4.31 Å². The summed E-state index contributed by atoms with van der Waals surface area (Å²) in [7, 11) is -3.53. The molecule has 3 aromatic rings. The molecule has 0 spiro atoms. The molecule has 7 heteroatoms. The van der Waals surface area contributed by atoms with E-state index < -0.39 is 10.0 Å². The minimum Gasteiger partial charge on any atom is -0.464 e. The minimum atomic E-state index is -3.53. The summed E-state index contributed by atoms with van der Waals surface area (Å²) in [6, 6.07) is 15.8. The smallest absolute Gasteiger partial charge is 0.261 e. The average Bonchev–Trinajstić information content (AvgIpc) is 3.24. The van der Waals surface area contributed by atoms with Crippen molar-refractivity contribution in [2.45, 2.75) is 23.8 Å². The van der Waals surface area contributed by atoms with Crippen LogP contribution in [0, 0.1) is 5.92 Å². The van der Waals surface area contributed by atoms with Gasteiger partial charge < -0.3 is 8.98 Å². The standard InChI is InChI=1S/C21H20N2O4S/c24-21-18(20-7-4-10-27-20)8-9-19-16-11-15(13-23(19)21)12-22(14-16)28(25,26)17-5-2-1-3-6-17/h1-10,15-16H,11-14H2/t15-,16-/m1/s1. The molecule has 2 aliphatic rings. The molecule has 5 rings (SSSR count). The van der Waals surface area contributed by atoms with Crippen LogP contribution in [0.4, 0.5) is 0 Å². The number of sulfonamides is 1. The van der Waals surface area contributed by atoms with Crippen LogP contribution in [-0.4, -0.2) is 30.4 Å². The maximum Gasteiger partial charge on any atom is 0.261 e. The highest BCUT2D eigenvalue weighted by Crippen LogP contribution is 2.37. The third kappa shape index (κ3) is 2.73. The number of fused-ring (bicyclic) bond motifs is 4. The summed E-state index contributed by atoms with van der Waals surface area (Å²) >= 11 is 0.